The Balaban J connectivity index is 3.36. The molecule has 0 bridgehead atoms. The number of hydrogen-bond acceptors (Lipinski definition) is 4. The second-order valence-electron chi connectivity index (χ2n) is 16.5. The number of ether oxygens (including phenoxy) is 2. The van der Waals surface area contributed by atoms with E-state index in [1.165, 1.54) is 231 Å². The smallest absolute Gasteiger partial charge is 0.306 e. The maximum absolute atomic E-state index is 12.2. The first-order valence-corrected chi connectivity index (χ1v) is 24.3. The second kappa shape index (κ2) is 47.3. The van der Waals surface area contributed by atoms with E-state index in [9.17, 15) is 9.90 Å². The van der Waals surface area contributed by atoms with Crippen molar-refractivity contribution in [2.24, 2.45) is 0 Å². The number of carbonyl (C=O) groups is 1. The van der Waals surface area contributed by atoms with Gasteiger partial charge in [-0.1, -0.05) is 238 Å². The van der Waals surface area contributed by atoms with Crippen LogP contribution < -0.4 is 0 Å². The molecule has 0 radical (unpaired) electrons. The molecule has 0 amide bonds. The van der Waals surface area contributed by atoms with Gasteiger partial charge in [0.25, 0.3) is 0 Å². The first-order valence-electron chi connectivity index (χ1n) is 24.3. The summed E-state index contributed by atoms with van der Waals surface area (Å²) in [6, 6.07) is 0. The van der Waals surface area contributed by atoms with Gasteiger partial charge in [0.2, 0.25) is 0 Å². The maximum Gasteiger partial charge on any atom is 0.306 e. The molecule has 0 aliphatic carbocycles. The van der Waals surface area contributed by atoms with E-state index in [2.05, 4.69) is 26.0 Å². The van der Waals surface area contributed by atoms with Crippen molar-refractivity contribution >= 4 is 5.97 Å². The Morgan fingerprint density at radius 2 is 0.736 bits per heavy atom. The quantitative estimate of drug-likeness (QED) is 0.0383. The minimum atomic E-state index is -0.529. The third-order valence-corrected chi connectivity index (χ3v) is 11.1. The van der Waals surface area contributed by atoms with E-state index in [-0.39, 0.29) is 12.6 Å². The van der Waals surface area contributed by atoms with E-state index in [1.54, 1.807) is 0 Å². The number of allylic oxidation sites excluding steroid dienone is 2. The van der Waals surface area contributed by atoms with Crippen molar-refractivity contribution < 1.29 is 19.4 Å². The van der Waals surface area contributed by atoms with E-state index < -0.39 is 6.10 Å². The fourth-order valence-electron chi connectivity index (χ4n) is 7.44. The zero-order valence-electron chi connectivity index (χ0n) is 36.3. The topological polar surface area (TPSA) is 55.8 Å². The summed E-state index contributed by atoms with van der Waals surface area (Å²) in [5, 5.41) is 9.63. The Bertz CT molecular complexity index is 707. The van der Waals surface area contributed by atoms with E-state index >= 15 is 0 Å². The Kier molecular flexibility index (Phi) is 46.5. The lowest BCUT2D eigenvalue weighted by molar-refractivity contribution is -0.154. The Morgan fingerprint density at radius 1 is 0.434 bits per heavy atom. The Labute approximate surface area is 333 Å². The maximum atomic E-state index is 12.2. The van der Waals surface area contributed by atoms with Gasteiger partial charge in [0, 0.05) is 13.0 Å². The average Bonchev–Trinajstić information content (AvgIpc) is 3.16. The molecule has 0 spiro atoms. The van der Waals surface area contributed by atoms with Gasteiger partial charge in [-0.15, -0.1) is 0 Å². The lowest BCUT2D eigenvalue weighted by atomic mass is 10.0. The number of rotatable bonds is 46. The van der Waals surface area contributed by atoms with Gasteiger partial charge in [0.1, 0.15) is 6.10 Å². The molecule has 0 fully saturated rings. The molecule has 4 heteroatoms. The van der Waals surface area contributed by atoms with Gasteiger partial charge in [0.05, 0.1) is 13.2 Å². The average molecular weight is 749 g/mol. The number of aliphatic hydroxyl groups excluding tert-OH is 1. The summed E-state index contributed by atoms with van der Waals surface area (Å²) in [6.07, 6.45) is 57.2. The second-order valence-corrected chi connectivity index (χ2v) is 16.5. The van der Waals surface area contributed by atoms with E-state index in [4.69, 9.17) is 9.47 Å². The first-order chi connectivity index (χ1) is 26.2. The third kappa shape index (κ3) is 45.4. The van der Waals surface area contributed by atoms with Gasteiger partial charge in [-0.3, -0.25) is 4.79 Å². The van der Waals surface area contributed by atoms with Gasteiger partial charge >= 0.3 is 5.97 Å². The van der Waals surface area contributed by atoms with Gasteiger partial charge in [-0.2, -0.15) is 0 Å². The van der Waals surface area contributed by atoms with Crippen molar-refractivity contribution in [3.05, 3.63) is 12.2 Å². The molecule has 0 aliphatic rings. The molecule has 0 saturated carbocycles. The fraction of sp³-hybridized carbons (Fsp3) is 0.939. The SMILES string of the molecule is CCCCCCCCCC/C=C\CCCCCCCCCCCCCC(=O)OC(CO)COCCCCCCCCCCCCCCCCCCCC. The fourth-order valence-corrected chi connectivity index (χ4v) is 7.44. The summed E-state index contributed by atoms with van der Waals surface area (Å²) in [5.74, 6) is -0.195. The van der Waals surface area contributed by atoms with Crippen LogP contribution in [0.5, 0.6) is 0 Å². The number of unbranched alkanes of at least 4 members (excludes halogenated alkanes) is 36. The summed E-state index contributed by atoms with van der Waals surface area (Å²) in [6.45, 7) is 5.40. The summed E-state index contributed by atoms with van der Waals surface area (Å²) < 4.78 is 11.2. The lowest BCUT2D eigenvalue weighted by Crippen LogP contribution is -2.27. The van der Waals surface area contributed by atoms with Gasteiger partial charge in [0.15, 0.2) is 0 Å². The molecule has 0 aromatic rings. The van der Waals surface area contributed by atoms with Crippen LogP contribution >= 0.6 is 0 Å². The van der Waals surface area contributed by atoms with Crippen molar-refractivity contribution in [1.29, 1.82) is 0 Å². The van der Waals surface area contributed by atoms with Gasteiger partial charge in [-0.25, -0.2) is 0 Å². The summed E-state index contributed by atoms with van der Waals surface area (Å²) in [4.78, 5) is 12.2. The molecule has 0 heterocycles. The number of carbonyl (C=O) groups excluding carboxylic acids is 1. The van der Waals surface area contributed by atoms with Crippen molar-refractivity contribution in [3.8, 4) is 0 Å². The Hall–Kier alpha value is -0.870. The predicted octanol–water partition coefficient (Wildman–Crippen LogP) is 16.1. The number of esters is 1. The highest BCUT2D eigenvalue weighted by Gasteiger charge is 2.13. The molecule has 0 aromatic heterocycles. The molecule has 0 aliphatic heterocycles. The molecular weight excluding hydrogens is 653 g/mol. The van der Waals surface area contributed by atoms with Crippen molar-refractivity contribution in [2.75, 3.05) is 19.8 Å². The first kappa shape index (κ1) is 52.1. The van der Waals surface area contributed by atoms with Crippen LogP contribution in [-0.4, -0.2) is 37.0 Å². The summed E-state index contributed by atoms with van der Waals surface area (Å²) in [7, 11) is 0. The molecule has 0 aromatic carbocycles. The van der Waals surface area contributed by atoms with Crippen LogP contribution in [-0.2, 0) is 14.3 Å². The largest absolute Gasteiger partial charge is 0.457 e. The minimum absolute atomic E-state index is 0.165. The van der Waals surface area contributed by atoms with Crippen LogP contribution in [0.15, 0.2) is 12.2 Å². The molecule has 1 atom stereocenters. The normalized spacial score (nSPS) is 12.3. The van der Waals surface area contributed by atoms with Crippen molar-refractivity contribution in [1.82, 2.24) is 0 Å². The molecule has 4 nitrogen and oxygen atoms in total. The zero-order chi connectivity index (χ0) is 38.4. The van der Waals surface area contributed by atoms with Gasteiger partial charge in [-0.05, 0) is 38.5 Å². The molecule has 1 N–H and O–H groups in total. The predicted molar refractivity (Wildman–Crippen MR) is 233 cm³/mol. The lowest BCUT2D eigenvalue weighted by Gasteiger charge is -2.16. The summed E-state index contributed by atoms with van der Waals surface area (Å²) in [5.41, 5.74) is 0. The van der Waals surface area contributed by atoms with Crippen molar-refractivity contribution in [2.45, 2.75) is 277 Å². The number of aliphatic hydroxyl groups is 1. The van der Waals surface area contributed by atoms with Crippen molar-refractivity contribution in [3.63, 3.8) is 0 Å². The highest BCUT2D eigenvalue weighted by Crippen LogP contribution is 2.16. The number of hydrogen-bond donors (Lipinski definition) is 1. The molecule has 1 unspecified atom stereocenters. The molecule has 0 rings (SSSR count). The van der Waals surface area contributed by atoms with Crippen LogP contribution in [0.25, 0.3) is 0 Å². The zero-order valence-corrected chi connectivity index (χ0v) is 36.3. The van der Waals surface area contributed by atoms with Crippen LogP contribution in [0.1, 0.15) is 271 Å². The van der Waals surface area contributed by atoms with Crippen LogP contribution in [0, 0.1) is 0 Å². The van der Waals surface area contributed by atoms with E-state index in [1.807, 2.05) is 0 Å². The van der Waals surface area contributed by atoms with E-state index in [0.29, 0.717) is 19.6 Å². The standard InChI is InChI=1S/C49H96O4/c1-3-5-7-9-11-13-15-17-19-21-23-24-25-26-27-28-30-32-34-36-38-40-42-44-49(51)53-48(46-50)47-52-45-43-41-39-37-35-33-31-29-22-20-18-16-14-12-10-8-6-4-2/h21,23,48,50H,3-20,22,24-47H2,1-2H3/b23-21-. The highest BCUT2D eigenvalue weighted by atomic mass is 16.6. The van der Waals surface area contributed by atoms with Crippen LogP contribution in [0.4, 0.5) is 0 Å². The van der Waals surface area contributed by atoms with Gasteiger partial charge < -0.3 is 14.6 Å². The molecule has 0 saturated heterocycles. The summed E-state index contributed by atoms with van der Waals surface area (Å²) >= 11 is 0. The van der Waals surface area contributed by atoms with Crippen LogP contribution in [0.3, 0.4) is 0 Å². The molecule has 53 heavy (non-hydrogen) atoms. The van der Waals surface area contributed by atoms with Crippen LogP contribution in [0.2, 0.25) is 0 Å². The molecule has 316 valence electrons. The highest BCUT2D eigenvalue weighted by molar-refractivity contribution is 5.69. The Morgan fingerprint density at radius 3 is 1.08 bits per heavy atom. The third-order valence-electron chi connectivity index (χ3n) is 11.1. The monoisotopic (exact) mass is 749 g/mol. The molecular formula is C49H96O4. The van der Waals surface area contributed by atoms with E-state index in [0.717, 1.165) is 19.3 Å². The minimum Gasteiger partial charge on any atom is -0.457 e.